The molecular weight excluding hydrogens is 286 g/mol. The van der Waals surface area contributed by atoms with Crippen molar-refractivity contribution < 1.29 is 8.42 Å². The first-order valence-electron chi connectivity index (χ1n) is 7.14. The van der Waals surface area contributed by atoms with E-state index < -0.39 is 10.0 Å². The van der Waals surface area contributed by atoms with Crippen molar-refractivity contribution in [1.29, 1.82) is 0 Å². The zero-order chi connectivity index (χ0) is 14.9. The van der Waals surface area contributed by atoms with Gasteiger partial charge in [0, 0.05) is 13.2 Å². The zero-order valence-electron chi connectivity index (χ0n) is 12.0. The van der Waals surface area contributed by atoms with Crippen molar-refractivity contribution in [1.82, 2.24) is 14.5 Å². The average molecular weight is 305 g/mol. The Morgan fingerprint density at radius 2 is 1.95 bits per heavy atom. The first kappa shape index (κ1) is 14.3. The fraction of sp³-hybridized carbons (Fsp3) is 0.400. The molecule has 0 saturated carbocycles. The number of fused-ring (bicyclic) bond motifs is 1. The molecule has 112 valence electrons. The summed E-state index contributed by atoms with van der Waals surface area (Å²) in [5, 5.41) is 4.03. The Morgan fingerprint density at radius 1 is 1.19 bits per heavy atom. The highest BCUT2D eigenvalue weighted by Crippen LogP contribution is 2.24. The Balaban J connectivity index is 1.80. The minimum Gasteiger partial charge on any atom is -0.271 e. The number of benzene rings is 1. The number of aryl methyl sites for hydroxylation is 3. The summed E-state index contributed by atoms with van der Waals surface area (Å²) in [4.78, 5) is 0.352. The Hall–Kier alpha value is -1.66. The van der Waals surface area contributed by atoms with Crippen LogP contribution in [0.3, 0.4) is 0 Å². The van der Waals surface area contributed by atoms with Crippen LogP contribution in [0.4, 0.5) is 0 Å². The van der Waals surface area contributed by atoms with Gasteiger partial charge in [0.2, 0.25) is 10.0 Å². The number of aromatic nitrogens is 2. The van der Waals surface area contributed by atoms with Crippen molar-refractivity contribution in [2.24, 2.45) is 7.05 Å². The van der Waals surface area contributed by atoms with E-state index in [1.54, 1.807) is 30.1 Å². The van der Waals surface area contributed by atoms with Gasteiger partial charge in [-0.1, -0.05) is 6.07 Å². The van der Waals surface area contributed by atoms with Gasteiger partial charge in [0.15, 0.2) is 0 Å². The van der Waals surface area contributed by atoms with E-state index >= 15 is 0 Å². The van der Waals surface area contributed by atoms with Crippen LogP contribution in [0.25, 0.3) is 0 Å². The van der Waals surface area contributed by atoms with Crippen molar-refractivity contribution in [3.05, 3.63) is 47.3 Å². The highest BCUT2D eigenvalue weighted by atomic mass is 32.2. The summed E-state index contributed by atoms with van der Waals surface area (Å²) in [5.74, 6) is 0. The summed E-state index contributed by atoms with van der Waals surface area (Å²) in [6.07, 6.45) is 6.01. The van der Waals surface area contributed by atoms with Gasteiger partial charge in [-0.2, -0.15) is 5.10 Å². The molecule has 6 heteroatoms. The van der Waals surface area contributed by atoms with Gasteiger partial charge in [0.1, 0.15) is 0 Å². The van der Waals surface area contributed by atoms with E-state index in [-0.39, 0.29) is 6.54 Å². The summed E-state index contributed by atoms with van der Waals surface area (Å²) in [5.41, 5.74) is 3.29. The largest absolute Gasteiger partial charge is 0.271 e. The van der Waals surface area contributed by atoms with Crippen LogP contribution in [-0.2, 0) is 36.5 Å². The molecule has 1 aliphatic rings. The maximum atomic E-state index is 12.4. The molecule has 0 unspecified atom stereocenters. The number of hydrogen-bond donors (Lipinski definition) is 1. The van der Waals surface area contributed by atoms with E-state index in [9.17, 15) is 8.42 Å². The Morgan fingerprint density at radius 3 is 2.67 bits per heavy atom. The summed E-state index contributed by atoms with van der Waals surface area (Å²) in [6, 6.07) is 7.28. The molecule has 3 rings (SSSR count). The maximum Gasteiger partial charge on any atom is 0.240 e. The molecule has 0 spiro atoms. The van der Waals surface area contributed by atoms with Crippen molar-refractivity contribution in [2.45, 2.75) is 37.1 Å². The topological polar surface area (TPSA) is 64.0 Å². The lowest BCUT2D eigenvalue weighted by molar-refractivity contribution is 0.576. The van der Waals surface area contributed by atoms with E-state index in [2.05, 4.69) is 9.82 Å². The maximum absolute atomic E-state index is 12.4. The van der Waals surface area contributed by atoms with Crippen LogP contribution in [0, 0.1) is 0 Å². The van der Waals surface area contributed by atoms with Gasteiger partial charge in [0.25, 0.3) is 0 Å². The molecular formula is C15H19N3O2S. The van der Waals surface area contributed by atoms with Crippen molar-refractivity contribution >= 4 is 10.0 Å². The number of nitrogens with one attached hydrogen (secondary N) is 1. The van der Waals surface area contributed by atoms with Crippen LogP contribution in [0.15, 0.2) is 35.4 Å². The third-order valence-corrected chi connectivity index (χ3v) is 5.39. The predicted octanol–water partition coefficient (Wildman–Crippen LogP) is 1.78. The summed E-state index contributed by atoms with van der Waals surface area (Å²) in [7, 11) is -1.68. The molecule has 5 nitrogen and oxygen atoms in total. The number of rotatable bonds is 4. The lowest BCUT2D eigenvalue weighted by Gasteiger charge is -2.16. The molecule has 0 saturated heterocycles. The molecule has 1 aromatic carbocycles. The van der Waals surface area contributed by atoms with E-state index in [4.69, 9.17) is 0 Å². The van der Waals surface area contributed by atoms with Crippen molar-refractivity contribution in [3.8, 4) is 0 Å². The molecule has 1 N–H and O–H groups in total. The van der Waals surface area contributed by atoms with E-state index in [1.807, 2.05) is 12.1 Å². The molecule has 21 heavy (non-hydrogen) atoms. The lowest BCUT2D eigenvalue weighted by Crippen LogP contribution is -2.24. The van der Waals surface area contributed by atoms with Gasteiger partial charge >= 0.3 is 0 Å². The molecule has 1 aromatic heterocycles. The van der Waals surface area contributed by atoms with E-state index in [0.717, 1.165) is 25.0 Å². The first-order valence-corrected chi connectivity index (χ1v) is 8.63. The lowest BCUT2D eigenvalue weighted by atomic mass is 9.92. The molecule has 0 amide bonds. The predicted molar refractivity (Wildman–Crippen MR) is 80.3 cm³/mol. The second-order valence-corrected chi connectivity index (χ2v) is 7.18. The van der Waals surface area contributed by atoms with Gasteiger partial charge in [-0.15, -0.1) is 0 Å². The van der Waals surface area contributed by atoms with Gasteiger partial charge in [-0.25, -0.2) is 13.1 Å². The average Bonchev–Trinajstić information content (AvgIpc) is 2.90. The van der Waals surface area contributed by atoms with Gasteiger partial charge in [0.05, 0.1) is 17.1 Å². The molecule has 2 aromatic rings. The Kier molecular flexibility index (Phi) is 3.82. The normalized spacial score (nSPS) is 14.9. The standard InChI is InChI=1S/C15H19N3O2S/c1-18-14(8-9-16-18)11-17-21(19,20)15-7-6-12-4-2-3-5-13(12)10-15/h6-10,17H,2-5,11H2,1H3. The second-order valence-electron chi connectivity index (χ2n) is 5.41. The third kappa shape index (κ3) is 3.01. The summed E-state index contributed by atoms with van der Waals surface area (Å²) >= 11 is 0. The number of hydrogen-bond acceptors (Lipinski definition) is 3. The fourth-order valence-corrected chi connectivity index (χ4v) is 3.75. The van der Waals surface area contributed by atoms with Crippen LogP contribution in [-0.4, -0.2) is 18.2 Å². The molecule has 0 radical (unpaired) electrons. The van der Waals surface area contributed by atoms with E-state index in [1.165, 1.54) is 17.5 Å². The van der Waals surface area contributed by atoms with Crippen LogP contribution >= 0.6 is 0 Å². The molecule has 1 heterocycles. The fourth-order valence-electron chi connectivity index (χ4n) is 2.70. The van der Waals surface area contributed by atoms with Crippen LogP contribution in [0.2, 0.25) is 0 Å². The Labute approximate surface area is 125 Å². The molecule has 0 bridgehead atoms. The van der Waals surface area contributed by atoms with Gasteiger partial charge < -0.3 is 0 Å². The molecule has 0 atom stereocenters. The quantitative estimate of drug-likeness (QED) is 0.936. The van der Waals surface area contributed by atoms with Crippen molar-refractivity contribution in [3.63, 3.8) is 0 Å². The second kappa shape index (κ2) is 5.61. The van der Waals surface area contributed by atoms with Gasteiger partial charge in [-0.3, -0.25) is 4.68 Å². The molecule has 1 aliphatic carbocycles. The highest BCUT2D eigenvalue weighted by Gasteiger charge is 2.17. The highest BCUT2D eigenvalue weighted by molar-refractivity contribution is 7.89. The van der Waals surface area contributed by atoms with Crippen LogP contribution in [0.1, 0.15) is 29.7 Å². The van der Waals surface area contributed by atoms with Gasteiger partial charge in [-0.05, 0) is 55.0 Å². The molecule has 0 aliphatic heterocycles. The number of nitrogens with zero attached hydrogens (tertiary/aromatic N) is 2. The monoisotopic (exact) mass is 305 g/mol. The summed E-state index contributed by atoms with van der Waals surface area (Å²) < 4.78 is 29.1. The minimum absolute atomic E-state index is 0.246. The summed E-state index contributed by atoms with van der Waals surface area (Å²) in [6.45, 7) is 0.246. The minimum atomic E-state index is -3.48. The third-order valence-electron chi connectivity index (χ3n) is 4.00. The SMILES string of the molecule is Cn1nccc1CNS(=O)(=O)c1ccc2c(c1)CCCC2. The van der Waals surface area contributed by atoms with Crippen LogP contribution in [0.5, 0.6) is 0 Å². The Bertz CT molecular complexity index is 750. The number of sulfonamides is 1. The smallest absolute Gasteiger partial charge is 0.240 e. The van der Waals surface area contributed by atoms with Crippen LogP contribution < -0.4 is 4.72 Å². The van der Waals surface area contributed by atoms with Crippen molar-refractivity contribution in [2.75, 3.05) is 0 Å². The first-order chi connectivity index (χ1) is 10.1. The molecule has 0 fully saturated rings. The zero-order valence-corrected chi connectivity index (χ0v) is 12.9. The van der Waals surface area contributed by atoms with E-state index in [0.29, 0.717) is 4.90 Å².